The van der Waals surface area contributed by atoms with E-state index < -0.39 is 0 Å². The molecule has 2 rings (SSSR count). The van der Waals surface area contributed by atoms with Gasteiger partial charge in [0.15, 0.2) is 0 Å². The van der Waals surface area contributed by atoms with E-state index in [0.717, 1.165) is 24.3 Å². The van der Waals surface area contributed by atoms with Crippen molar-refractivity contribution < 1.29 is 4.79 Å². The van der Waals surface area contributed by atoms with Gasteiger partial charge in [0.1, 0.15) is 0 Å². The Hall–Kier alpha value is -1.74. The van der Waals surface area contributed by atoms with Gasteiger partial charge in [-0.25, -0.2) is 0 Å². The summed E-state index contributed by atoms with van der Waals surface area (Å²) in [7, 11) is 0. The SMILES string of the molecule is Cc1ccc(CCCNC(=O)[C@H](C)Sc2ccc(C)cc2)cc1. The molecule has 0 unspecified atom stereocenters. The third kappa shape index (κ3) is 6.11. The molecular formula is C20H25NOS. The van der Waals surface area contributed by atoms with E-state index in [1.54, 1.807) is 11.8 Å². The van der Waals surface area contributed by atoms with Crippen LogP contribution >= 0.6 is 11.8 Å². The normalized spacial score (nSPS) is 12.0. The Morgan fingerprint density at radius 3 is 2.17 bits per heavy atom. The van der Waals surface area contributed by atoms with Gasteiger partial charge in [-0.15, -0.1) is 11.8 Å². The van der Waals surface area contributed by atoms with Gasteiger partial charge in [-0.1, -0.05) is 47.5 Å². The zero-order chi connectivity index (χ0) is 16.7. The number of hydrogen-bond acceptors (Lipinski definition) is 2. The lowest BCUT2D eigenvalue weighted by molar-refractivity contribution is -0.120. The molecule has 1 N–H and O–H groups in total. The molecule has 122 valence electrons. The molecular weight excluding hydrogens is 302 g/mol. The molecule has 0 heterocycles. The molecule has 2 aromatic carbocycles. The number of benzene rings is 2. The quantitative estimate of drug-likeness (QED) is 0.598. The van der Waals surface area contributed by atoms with Gasteiger partial charge in [0.2, 0.25) is 5.91 Å². The van der Waals surface area contributed by atoms with Gasteiger partial charge in [-0.2, -0.15) is 0 Å². The summed E-state index contributed by atoms with van der Waals surface area (Å²) in [6.07, 6.45) is 1.97. The van der Waals surface area contributed by atoms with Crippen LogP contribution in [-0.4, -0.2) is 17.7 Å². The molecule has 0 aliphatic heterocycles. The number of nitrogens with one attached hydrogen (secondary N) is 1. The number of hydrogen-bond donors (Lipinski definition) is 1. The Balaban J connectivity index is 1.69. The molecule has 0 bridgehead atoms. The number of aryl methyl sites for hydroxylation is 3. The maximum absolute atomic E-state index is 12.1. The van der Waals surface area contributed by atoms with E-state index >= 15 is 0 Å². The van der Waals surface area contributed by atoms with E-state index in [2.05, 4.69) is 67.7 Å². The number of rotatable bonds is 7. The minimum atomic E-state index is -0.0721. The largest absolute Gasteiger partial charge is 0.355 e. The lowest BCUT2D eigenvalue weighted by Gasteiger charge is -2.12. The average Bonchev–Trinajstić information content (AvgIpc) is 2.55. The third-order valence-corrected chi connectivity index (χ3v) is 4.88. The Morgan fingerprint density at radius 1 is 1.00 bits per heavy atom. The van der Waals surface area contributed by atoms with Crippen molar-refractivity contribution in [1.29, 1.82) is 0 Å². The van der Waals surface area contributed by atoms with Crippen LogP contribution in [0.2, 0.25) is 0 Å². The van der Waals surface area contributed by atoms with E-state index in [0.29, 0.717) is 0 Å². The van der Waals surface area contributed by atoms with Crippen LogP contribution in [0.1, 0.15) is 30.0 Å². The molecule has 0 spiro atoms. The van der Waals surface area contributed by atoms with Crippen molar-refractivity contribution in [2.75, 3.05) is 6.54 Å². The Labute approximate surface area is 143 Å². The molecule has 0 aromatic heterocycles. The molecule has 0 aliphatic carbocycles. The summed E-state index contributed by atoms with van der Waals surface area (Å²) in [5.41, 5.74) is 3.85. The van der Waals surface area contributed by atoms with Gasteiger partial charge in [-0.3, -0.25) is 4.79 Å². The van der Waals surface area contributed by atoms with Crippen molar-refractivity contribution in [3.05, 3.63) is 65.2 Å². The number of carbonyl (C=O) groups excluding carboxylic acids is 1. The second-order valence-corrected chi connectivity index (χ2v) is 7.37. The Kier molecular flexibility index (Phi) is 6.72. The van der Waals surface area contributed by atoms with Crippen molar-refractivity contribution in [2.45, 2.75) is 43.8 Å². The summed E-state index contributed by atoms with van der Waals surface area (Å²) in [6.45, 7) is 6.85. The first-order chi connectivity index (χ1) is 11.0. The van der Waals surface area contributed by atoms with E-state index in [9.17, 15) is 4.79 Å². The highest BCUT2D eigenvalue weighted by Gasteiger charge is 2.13. The fourth-order valence-electron chi connectivity index (χ4n) is 2.28. The molecule has 2 aromatic rings. The van der Waals surface area contributed by atoms with Gasteiger partial charge >= 0.3 is 0 Å². The summed E-state index contributed by atoms with van der Waals surface area (Å²) < 4.78 is 0. The molecule has 1 amide bonds. The minimum absolute atomic E-state index is 0.0721. The molecule has 0 saturated carbocycles. The minimum Gasteiger partial charge on any atom is -0.355 e. The first-order valence-electron chi connectivity index (χ1n) is 8.11. The zero-order valence-corrected chi connectivity index (χ0v) is 15.0. The van der Waals surface area contributed by atoms with E-state index in [4.69, 9.17) is 0 Å². The molecule has 0 fully saturated rings. The van der Waals surface area contributed by atoms with Crippen molar-refractivity contribution in [2.24, 2.45) is 0 Å². The second kappa shape index (κ2) is 8.78. The highest BCUT2D eigenvalue weighted by molar-refractivity contribution is 8.00. The summed E-state index contributed by atoms with van der Waals surface area (Å²) >= 11 is 1.60. The van der Waals surface area contributed by atoms with Gasteiger partial charge in [0.25, 0.3) is 0 Å². The lowest BCUT2D eigenvalue weighted by atomic mass is 10.1. The van der Waals surface area contributed by atoms with Crippen LogP contribution < -0.4 is 5.32 Å². The smallest absolute Gasteiger partial charge is 0.233 e. The Morgan fingerprint density at radius 2 is 1.57 bits per heavy atom. The van der Waals surface area contributed by atoms with Gasteiger partial charge in [0.05, 0.1) is 5.25 Å². The molecule has 0 saturated heterocycles. The standard InChI is InChI=1S/C20H25NOS/c1-15-6-10-18(11-7-15)5-4-14-21-20(22)17(3)23-19-12-8-16(2)9-13-19/h6-13,17H,4-5,14H2,1-3H3,(H,21,22)/t17-/m0/s1. The predicted molar refractivity (Wildman–Crippen MR) is 99.0 cm³/mol. The highest BCUT2D eigenvalue weighted by Crippen LogP contribution is 2.23. The molecule has 2 nitrogen and oxygen atoms in total. The topological polar surface area (TPSA) is 29.1 Å². The number of carbonyl (C=O) groups is 1. The van der Waals surface area contributed by atoms with Crippen LogP contribution in [-0.2, 0) is 11.2 Å². The second-order valence-electron chi connectivity index (χ2n) is 5.95. The van der Waals surface area contributed by atoms with Crippen LogP contribution in [0.4, 0.5) is 0 Å². The van der Waals surface area contributed by atoms with Crippen molar-refractivity contribution in [3.8, 4) is 0 Å². The summed E-state index contributed by atoms with van der Waals surface area (Å²) in [4.78, 5) is 13.3. The summed E-state index contributed by atoms with van der Waals surface area (Å²) in [5, 5.41) is 2.96. The van der Waals surface area contributed by atoms with Crippen LogP contribution in [0.5, 0.6) is 0 Å². The zero-order valence-electron chi connectivity index (χ0n) is 14.1. The Bertz CT molecular complexity index is 619. The van der Waals surface area contributed by atoms with Gasteiger partial charge < -0.3 is 5.32 Å². The molecule has 0 aliphatic rings. The fraction of sp³-hybridized carbons (Fsp3) is 0.350. The van der Waals surface area contributed by atoms with Gasteiger partial charge in [-0.05, 0) is 51.3 Å². The maximum Gasteiger partial charge on any atom is 0.233 e. The van der Waals surface area contributed by atoms with Crippen molar-refractivity contribution >= 4 is 17.7 Å². The maximum atomic E-state index is 12.1. The average molecular weight is 327 g/mol. The van der Waals surface area contributed by atoms with E-state index in [-0.39, 0.29) is 11.2 Å². The van der Waals surface area contributed by atoms with Crippen molar-refractivity contribution in [3.63, 3.8) is 0 Å². The number of thioether (sulfide) groups is 1. The van der Waals surface area contributed by atoms with E-state index in [1.807, 2.05) is 6.92 Å². The lowest BCUT2D eigenvalue weighted by Crippen LogP contribution is -2.31. The monoisotopic (exact) mass is 327 g/mol. The molecule has 3 heteroatoms. The first-order valence-corrected chi connectivity index (χ1v) is 8.99. The predicted octanol–water partition coefficient (Wildman–Crippen LogP) is 4.53. The third-order valence-electron chi connectivity index (χ3n) is 3.77. The fourth-order valence-corrected chi connectivity index (χ4v) is 3.17. The van der Waals surface area contributed by atoms with Crippen LogP contribution in [0, 0.1) is 13.8 Å². The summed E-state index contributed by atoms with van der Waals surface area (Å²) in [5.74, 6) is 0.111. The molecule has 23 heavy (non-hydrogen) atoms. The van der Waals surface area contributed by atoms with Crippen LogP contribution in [0.25, 0.3) is 0 Å². The van der Waals surface area contributed by atoms with Crippen LogP contribution in [0.3, 0.4) is 0 Å². The molecule has 1 atom stereocenters. The highest BCUT2D eigenvalue weighted by atomic mass is 32.2. The van der Waals surface area contributed by atoms with Crippen LogP contribution in [0.15, 0.2) is 53.4 Å². The number of amides is 1. The van der Waals surface area contributed by atoms with Crippen molar-refractivity contribution in [1.82, 2.24) is 5.32 Å². The van der Waals surface area contributed by atoms with E-state index in [1.165, 1.54) is 16.7 Å². The summed E-state index contributed by atoms with van der Waals surface area (Å²) in [6, 6.07) is 16.9. The first kappa shape index (κ1) is 17.6. The molecule has 0 radical (unpaired) electrons. The van der Waals surface area contributed by atoms with Gasteiger partial charge in [0, 0.05) is 11.4 Å².